The van der Waals surface area contributed by atoms with E-state index in [2.05, 4.69) is 5.32 Å². The molecule has 0 unspecified atom stereocenters. The van der Waals surface area contributed by atoms with Crippen molar-refractivity contribution in [2.45, 2.75) is 32.7 Å². The van der Waals surface area contributed by atoms with E-state index in [4.69, 9.17) is 16.3 Å². The van der Waals surface area contributed by atoms with Crippen LogP contribution < -0.4 is 5.32 Å². The van der Waals surface area contributed by atoms with Crippen LogP contribution in [0, 0.1) is 0 Å². The van der Waals surface area contributed by atoms with Crippen LogP contribution in [0.25, 0.3) is 0 Å². The molecule has 0 bridgehead atoms. The minimum Gasteiger partial charge on any atom is -0.456 e. The predicted molar refractivity (Wildman–Crippen MR) is 91.9 cm³/mol. The molecule has 7 heteroatoms. The fraction of sp³-hybridized carbons (Fsp3) is 0.471. The summed E-state index contributed by atoms with van der Waals surface area (Å²) in [5, 5.41) is 3.27. The van der Waals surface area contributed by atoms with Gasteiger partial charge in [-0.2, -0.15) is 0 Å². The SMILES string of the molecule is CC(C)N(C)C(=O)COC(=O)CCCNC(=O)c1ccc(Cl)cc1. The molecule has 6 nitrogen and oxygen atoms in total. The lowest BCUT2D eigenvalue weighted by Crippen LogP contribution is -2.36. The van der Waals surface area contributed by atoms with Crippen molar-refractivity contribution in [1.29, 1.82) is 0 Å². The number of likely N-dealkylation sites (N-methyl/N-ethyl adjacent to an activating group) is 1. The van der Waals surface area contributed by atoms with Crippen molar-refractivity contribution < 1.29 is 19.1 Å². The van der Waals surface area contributed by atoms with Gasteiger partial charge in [0, 0.05) is 36.6 Å². The second-order valence-corrected chi connectivity index (χ2v) is 6.06. The number of benzene rings is 1. The molecule has 0 heterocycles. The second kappa shape index (κ2) is 9.93. The van der Waals surface area contributed by atoms with Gasteiger partial charge in [0.05, 0.1) is 0 Å². The van der Waals surface area contributed by atoms with Gasteiger partial charge in [0.15, 0.2) is 6.61 Å². The zero-order chi connectivity index (χ0) is 18.1. The van der Waals surface area contributed by atoms with E-state index in [9.17, 15) is 14.4 Å². The molecule has 0 aliphatic rings. The number of nitrogens with zero attached hydrogens (tertiary/aromatic N) is 1. The van der Waals surface area contributed by atoms with Crippen LogP contribution in [0.5, 0.6) is 0 Å². The standard InChI is InChI=1S/C17H23ClN2O4/c1-12(2)20(3)15(21)11-24-16(22)5-4-10-19-17(23)13-6-8-14(18)9-7-13/h6-9,12H,4-5,10-11H2,1-3H3,(H,19,23). The van der Waals surface area contributed by atoms with Gasteiger partial charge in [0.25, 0.3) is 11.8 Å². The van der Waals surface area contributed by atoms with Crippen LogP contribution in [-0.4, -0.2) is 48.9 Å². The third-order valence-electron chi connectivity index (χ3n) is 3.47. The van der Waals surface area contributed by atoms with Gasteiger partial charge in [-0.05, 0) is 44.5 Å². The Balaban J connectivity index is 2.20. The predicted octanol–water partition coefficient (Wildman–Crippen LogP) is 2.26. The average molecular weight is 355 g/mol. The van der Waals surface area contributed by atoms with Crippen LogP contribution in [0.3, 0.4) is 0 Å². The van der Waals surface area contributed by atoms with E-state index in [1.54, 1.807) is 31.3 Å². The number of hydrogen-bond donors (Lipinski definition) is 1. The summed E-state index contributed by atoms with van der Waals surface area (Å²) in [5.74, 6) is -0.926. The van der Waals surface area contributed by atoms with Crippen molar-refractivity contribution in [3.05, 3.63) is 34.9 Å². The topological polar surface area (TPSA) is 75.7 Å². The first-order chi connectivity index (χ1) is 11.3. The van der Waals surface area contributed by atoms with Gasteiger partial charge in [-0.1, -0.05) is 11.6 Å². The summed E-state index contributed by atoms with van der Waals surface area (Å²) < 4.78 is 4.92. The lowest BCUT2D eigenvalue weighted by Gasteiger charge is -2.21. The molecular formula is C17H23ClN2O4. The molecule has 0 spiro atoms. The maximum atomic E-state index is 11.8. The fourth-order valence-electron chi connectivity index (χ4n) is 1.74. The van der Waals surface area contributed by atoms with Gasteiger partial charge < -0.3 is 15.0 Å². The second-order valence-electron chi connectivity index (χ2n) is 5.63. The molecule has 0 aliphatic carbocycles. The van der Waals surface area contributed by atoms with E-state index in [1.807, 2.05) is 13.8 Å². The monoisotopic (exact) mass is 354 g/mol. The Morgan fingerprint density at radius 3 is 2.42 bits per heavy atom. The number of hydrogen-bond acceptors (Lipinski definition) is 4. The van der Waals surface area contributed by atoms with Crippen molar-refractivity contribution in [2.24, 2.45) is 0 Å². The number of halogens is 1. The Morgan fingerprint density at radius 2 is 1.83 bits per heavy atom. The Bertz CT molecular complexity index is 572. The summed E-state index contributed by atoms with van der Waals surface area (Å²) in [4.78, 5) is 36.6. The van der Waals surface area contributed by atoms with Gasteiger partial charge in [0.1, 0.15) is 0 Å². The molecule has 0 aliphatic heterocycles. The molecule has 0 aromatic heterocycles. The number of nitrogens with one attached hydrogen (secondary N) is 1. The molecule has 0 fully saturated rings. The largest absolute Gasteiger partial charge is 0.456 e. The minimum atomic E-state index is -0.457. The van der Waals surface area contributed by atoms with Crippen molar-refractivity contribution >= 4 is 29.4 Å². The van der Waals surface area contributed by atoms with Crippen molar-refractivity contribution in [3.8, 4) is 0 Å². The highest BCUT2D eigenvalue weighted by atomic mass is 35.5. The molecule has 1 aromatic carbocycles. The van der Waals surface area contributed by atoms with E-state index in [0.717, 1.165) is 0 Å². The zero-order valence-electron chi connectivity index (χ0n) is 14.2. The summed E-state index contributed by atoms with van der Waals surface area (Å²) in [6, 6.07) is 6.59. The van der Waals surface area contributed by atoms with E-state index in [0.29, 0.717) is 23.6 Å². The van der Waals surface area contributed by atoms with Crippen LogP contribution in [0.1, 0.15) is 37.0 Å². The lowest BCUT2D eigenvalue weighted by molar-refractivity contribution is -0.152. The molecule has 0 radical (unpaired) electrons. The molecule has 24 heavy (non-hydrogen) atoms. The van der Waals surface area contributed by atoms with Gasteiger partial charge in [-0.15, -0.1) is 0 Å². The summed E-state index contributed by atoms with van der Waals surface area (Å²) >= 11 is 5.76. The van der Waals surface area contributed by atoms with Crippen LogP contribution in [-0.2, 0) is 14.3 Å². The highest BCUT2D eigenvalue weighted by Gasteiger charge is 2.14. The van der Waals surface area contributed by atoms with Crippen molar-refractivity contribution in [3.63, 3.8) is 0 Å². The molecule has 132 valence electrons. The first kappa shape index (κ1) is 20.0. The molecule has 2 amide bonds. The number of esters is 1. The van der Waals surface area contributed by atoms with Crippen LogP contribution in [0.2, 0.25) is 5.02 Å². The fourth-order valence-corrected chi connectivity index (χ4v) is 1.87. The van der Waals surface area contributed by atoms with Crippen LogP contribution in [0.15, 0.2) is 24.3 Å². The number of carbonyl (C=O) groups excluding carboxylic acids is 3. The summed E-state index contributed by atoms with van der Waals surface area (Å²) in [5.41, 5.74) is 0.504. The quantitative estimate of drug-likeness (QED) is 0.574. The Labute approximate surface area is 147 Å². The smallest absolute Gasteiger partial charge is 0.306 e. The Kier molecular flexibility index (Phi) is 8.26. The first-order valence-corrected chi connectivity index (χ1v) is 8.14. The summed E-state index contributed by atoms with van der Waals surface area (Å²) in [7, 11) is 1.66. The van der Waals surface area contributed by atoms with Gasteiger partial charge >= 0.3 is 5.97 Å². The molecule has 0 saturated carbocycles. The molecule has 0 saturated heterocycles. The molecule has 0 atom stereocenters. The summed E-state index contributed by atoms with van der Waals surface area (Å²) in [6.45, 7) is 3.84. The third-order valence-corrected chi connectivity index (χ3v) is 3.73. The highest BCUT2D eigenvalue weighted by molar-refractivity contribution is 6.30. The van der Waals surface area contributed by atoms with E-state index >= 15 is 0 Å². The van der Waals surface area contributed by atoms with Crippen molar-refractivity contribution in [2.75, 3.05) is 20.2 Å². The highest BCUT2D eigenvalue weighted by Crippen LogP contribution is 2.09. The number of ether oxygens (including phenoxy) is 1. The zero-order valence-corrected chi connectivity index (χ0v) is 14.9. The first-order valence-electron chi connectivity index (χ1n) is 7.76. The Morgan fingerprint density at radius 1 is 1.21 bits per heavy atom. The minimum absolute atomic E-state index is 0.0549. The third kappa shape index (κ3) is 7.00. The van der Waals surface area contributed by atoms with Gasteiger partial charge in [-0.3, -0.25) is 14.4 Å². The molecule has 1 rings (SSSR count). The normalized spacial score (nSPS) is 10.4. The summed E-state index contributed by atoms with van der Waals surface area (Å²) in [6.07, 6.45) is 0.575. The lowest BCUT2D eigenvalue weighted by atomic mass is 10.2. The maximum Gasteiger partial charge on any atom is 0.306 e. The Hall–Kier alpha value is -2.08. The van der Waals surface area contributed by atoms with Crippen molar-refractivity contribution in [1.82, 2.24) is 10.2 Å². The average Bonchev–Trinajstić information content (AvgIpc) is 2.56. The van der Waals surface area contributed by atoms with E-state index in [1.165, 1.54) is 4.90 Å². The van der Waals surface area contributed by atoms with E-state index < -0.39 is 5.97 Å². The molecule has 1 N–H and O–H groups in total. The number of amides is 2. The number of rotatable bonds is 8. The molecule has 1 aromatic rings. The number of carbonyl (C=O) groups is 3. The van der Waals surface area contributed by atoms with Crippen LogP contribution >= 0.6 is 11.6 Å². The van der Waals surface area contributed by atoms with Gasteiger partial charge in [0.2, 0.25) is 0 Å². The van der Waals surface area contributed by atoms with Crippen LogP contribution in [0.4, 0.5) is 0 Å². The van der Waals surface area contributed by atoms with E-state index in [-0.39, 0.29) is 30.9 Å². The maximum absolute atomic E-state index is 11.8. The van der Waals surface area contributed by atoms with Gasteiger partial charge in [-0.25, -0.2) is 0 Å². The molecular weight excluding hydrogens is 332 g/mol.